The summed E-state index contributed by atoms with van der Waals surface area (Å²) < 4.78 is 25.5. The Labute approximate surface area is 198 Å². The highest BCUT2D eigenvalue weighted by molar-refractivity contribution is 5.59. The van der Waals surface area contributed by atoms with Crippen LogP contribution in [0.25, 0.3) is 23.0 Å². The second kappa shape index (κ2) is 10.1. The maximum atomic E-state index is 13.9. The highest BCUT2D eigenvalue weighted by atomic mass is 19.1. The van der Waals surface area contributed by atoms with Gasteiger partial charge in [-0.2, -0.15) is 4.98 Å². The van der Waals surface area contributed by atoms with E-state index in [2.05, 4.69) is 20.0 Å². The topological polar surface area (TPSA) is 64.3 Å². The standard InChI is InChI=1S/C27H27FN4O2/c1-19-6-4-11-25(29-19)26-30-27(34-31-26)21-8-5-9-23(16-21)33-18-20-12-14-32(15-13-20)17-22-7-2-3-10-24(22)28/h2-11,16,20H,12-15,17-18H2,1H3. The van der Waals surface area contributed by atoms with Gasteiger partial charge >= 0.3 is 0 Å². The van der Waals surface area contributed by atoms with Crippen molar-refractivity contribution in [3.63, 3.8) is 0 Å². The second-order valence-electron chi connectivity index (χ2n) is 8.74. The van der Waals surface area contributed by atoms with Gasteiger partial charge in [-0.1, -0.05) is 35.5 Å². The number of nitrogens with zero attached hydrogens (tertiary/aromatic N) is 4. The molecule has 0 atom stereocenters. The molecule has 2 aromatic heterocycles. The first kappa shape index (κ1) is 22.2. The van der Waals surface area contributed by atoms with E-state index >= 15 is 0 Å². The van der Waals surface area contributed by atoms with Gasteiger partial charge in [0, 0.05) is 23.4 Å². The molecule has 6 nitrogen and oxygen atoms in total. The molecule has 4 aromatic rings. The van der Waals surface area contributed by atoms with E-state index in [1.807, 2.05) is 61.5 Å². The summed E-state index contributed by atoms with van der Waals surface area (Å²) in [4.78, 5) is 11.3. The number of aryl methyl sites for hydroxylation is 1. The molecule has 0 amide bonds. The molecule has 1 saturated heterocycles. The summed E-state index contributed by atoms with van der Waals surface area (Å²) in [6, 6.07) is 20.4. The number of likely N-dealkylation sites (tertiary alicyclic amines) is 1. The van der Waals surface area contributed by atoms with Crippen LogP contribution in [0.3, 0.4) is 0 Å². The van der Waals surface area contributed by atoms with Crippen LogP contribution >= 0.6 is 0 Å². The number of halogens is 1. The fraction of sp³-hybridized carbons (Fsp3) is 0.296. The fourth-order valence-corrected chi connectivity index (χ4v) is 4.22. The lowest BCUT2D eigenvalue weighted by molar-refractivity contribution is 0.136. The molecule has 0 aliphatic carbocycles. The molecule has 0 N–H and O–H groups in total. The maximum Gasteiger partial charge on any atom is 0.258 e. The second-order valence-corrected chi connectivity index (χ2v) is 8.74. The Hall–Kier alpha value is -3.58. The molecular formula is C27H27FN4O2. The monoisotopic (exact) mass is 458 g/mol. The van der Waals surface area contributed by atoms with Crippen molar-refractivity contribution in [1.82, 2.24) is 20.0 Å². The van der Waals surface area contributed by atoms with E-state index in [0.717, 1.165) is 48.5 Å². The van der Waals surface area contributed by atoms with Crippen molar-refractivity contribution >= 4 is 0 Å². The van der Waals surface area contributed by atoms with Crippen molar-refractivity contribution in [3.05, 3.63) is 83.8 Å². The van der Waals surface area contributed by atoms with E-state index in [9.17, 15) is 4.39 Å². The number of aromatic nitrogens is 3. The molecule has 7 heteroatoms. The Balaban J connectivity index is 1.15. The first-order valence-corrected chi connectivity index (χ1v) is 11.6. The first-order valence-electron chi connectivity index (χ1n) is 11.6. The van der Waals surface area contributed by atoms with Crippen molar-refractivity contribution in [3.8, 4) is 28.7 Å². The molecule has 0 spiro atoms. The number of rotatable bonds is 7. The summed E-state index contributed by atoms with van der Waals surface area (Å²) >= 11 is 0. The zero-order chi connectivity index (χ0) is 23.3. The van der Waals surface area contributed by atoms with Gasteiger partial charge in [0.25, 0.3) is 5.89 Å². The van der Waals surface area contributed by atoms with Gasteiger partial charge in [-0.25, -0.2) is 9.37 Å². The predicted octanol–water partition coefficient (Wildman–Crippen LogP) is 5.54. The number of hydrogen-bond donors (Lipinski definition) is 0. The zero-order valence-electron chi connectivity index (χ0n) is 19.2. The van der Waals surface area contributed by atoms with E-state index in [1.165, 1.54) is 6.07 Å². The normalized spacial score (nSPS) is 14.9. The molecule has 0 saturated carbocycles. The summed E-state index contributed by atoms with van der Waals surface area (Å²) in [6.07, 6.45) is 2.06. The summed E-state index contributed by atoms with van der Waals surface area (Å²) in [7, 11) is 0. The number of piperidine rings is 1. The predicted molar refractivity (Wildman–Crippen MR) is 128 cm³/mol. The Morgan fingerprint density at radius 1 is 1.00 bits per heavy atom. The Kier molecular flexibility index (Phi) is 6.62. The molecule has 5 rings (SSSR count). The van der Waals surface area contributed by atoms with Crippen molar-refractivity contribution in [2.75, 3.05) is 19.7 Å². The van der Waals surface area contributed by atoms with Crippen molar-refractivity contribution in [1.29, 1.82) is 0 Å². The van der Waals surface area contributed by atoms with Crippen molar-refractivity contribution in [2.45, 2.75) is 26.3 Å². The van der Waals surface area contributed by atoms with Crippen LogP contribution in [0.1, 0.15) is 24.1 Å². The van der Waals surface area contributed by atoms with Gasteiger partial charge in [-0.3, -0.25) is 4.90 Å². The Bertz CT molecular complexity index is 1250. The lowest BCUT2D eigenvalue weighted by Crippen LogP contribution is -2.35. The largest absolute Gasteiger partial charge is 0.493 e. The third-order valence-electron chi connectivity index (χ3n) is 6.17. The first-order chi connectivity index (χ1) is 16.6. The molecule has 1 aliphatic rings. The SMILES string of the molecule is Cc1cccc(-c2noc(-c3cccc(OCC4CCN(Cc5ccccc5F)CC4)c3)n2)n1. The lowest BCUT2D eigenvalue weighted by Gasteiger charge is -2.31. The molecule has 34 heavy (non-hydrogen) atoms. The highest BCUT2D eigenvalue weighted by Crippen LogP contribution is 2.26. The molecule has 3 heterocycles. The van der Waals surface area contributed by atoms with Crippen LogP contribution in [0.5, 0.6) is 5.75 Å². The molecule has 0 radical (unpaired) electrons. The lowest BCUT2D eigenvalue weighted by atomic mass is 9.97. The maximum absolute atomic E-state index is 13.9. The molecule has 174 valence electrons. The van der Waals surface area contributed by atoms with Crippen LogP contribution in [-0.4, -0.2) is 39.7 Å². The quantitative estimate of drug-likeness (QED) is 0.362. The van der Waals surface area contributed by atoms with E-state index in [0.29, 0.717) is 36.5 Å². The smallest absolute Gasteiger partial charge is 0.258 e. The van der Waals surface area contributed by atoms with Crippen LogP contribution in [0.15, 0.2) is 71.3 Å². The van der Waals surface area contributed by atoms with Gasteiger partial charge in [0.15, 0.2) is 0 Å². The number of ether oxygens (including phenoxy) is 1. The number of benzene rings is 2. The van der Waals surface area contributed by atoms with Crippen molar-refractivity contribution < 1.29 is 13.7 Å². The van der Waals surface area contributed by atoms with Gasteiger partial charge in [0.2, 0.25) is 5.82 Å². The molecular weight excluding hydrogens is 431 g/mol. The van der Waals surface area contributed by atoms with Crippen LogP contribution in [0.4, 0.5) is 4.39 Å². The summed E-state index contributed by atoms with van der Waals surface area (Å²) in [5.41, 5.74) is 3.15. The summed E-state index contributed by atoms with van der Waals surface area (Å²) in [5, 5.41) is 4.08. The van der Waals surface area contributed by atoms with E-state index in [1.54, 1.807) is 6.07 Å². The average Bonchev–Trinajstić information content (AvgIpc) is 3.36. The Morgan fingerprint density at radius 2 is 1.82 bits per heavy atom. The summed E-state index contributed by atoms with van der Waals surface area (Å²) in [6.45, 7) is 5.13. The van der Waals surface area contributed by atoms with Crippen LogP contribution in [0, 0.1) is 18.7 Å². The van der Waals surface area contributed by atoms with Crippen LogP contribution in [0.2, 0.25) is 0 Å². The van der Waals surface area contributed by atoms with Gasteiger partial charge in [0.05, 0.1) is 6.61 Å². The van der Waals surface area contributed by atoms with E-state index in [-0.39, 0.29) is 5.82 Å². The zero-order valence-corrected chi connectivity index (χ0v) is 19.2. The minimum Gasteiger partial charge on any atom is -0.493 e. The Morgan fingerprint density at radius 3 is 2.65 bits per heavy atom. The number of hydrogen-bond acceptors (Lipinski definition) is 6. The molecule has 2 aromatic carbocycles. The minimum absolute atomic E-state index is 0.128. The van der Waals surface area contributed by atoms with Crippen LogP contribution in [-0.2, 0) is 6.54 Å². The summed E-state index contributed by atoms with van der Waals surface area (Å²) in [5.74, 6) is 2.02. The fourth-order valence-electron chi connectivity index (χ4n) is 4.22. The van der Waals surface area contributed by atoms with Gasteiger partial charge in [-0.15, -0.1) is 0 Å². The van der Waals surface area contributed by atoms with Crippen LogP contribution < -0.4 is 4.74 Å². The molecule has 1 fully saturated rings. The molecule has 0 unspecified atom stereocenters. The van der Waals surface area contributed by atoms with E-state index < -0.39 is 0 Å². The van der Waals surface area contributed by atoms with Gasteiger partial charge in [-0.05, 0) is 75.2 Å². The third-order valence-corrected chi connectivity index (χ3v) is 6.17. The minimum atomic E-state index is -0.128. The third kappa shape index (κ3) is 5.31. The molecule has 0 bridgehead atoms. The van der Waals surface area contributed by atoms with E-state index in [4.69, 9.17) is 9.26 Å². The van der Waals surface area contributed by atoms with Gasteiger partial charge in [0.1, 0.15) is 17.3 Å². The average molecular weight is 459 g/mol. The molecule has 1 aliphatic heterocycles. The highest BCUT2D eigenvalue weighted by Gasteiger charge is 2.21. The van der Waals surface area contributed by atoms with Crippen molar-refractivity contribution in [2.24, 2.45) is 5.92 Å². The number of pyridine rings is 1. The van der Waals surface area contributed by atoms with Gasteiger partial charge < -0.3 is 9.26 Å².